The Morgan fingerprint density at radius 2 is 1.65 bits per heavy atom. The molecule has 0 fully saturated rings. The van der Waals surface area contributed by atoms with Gasteiger partial charge in [0, 0.05) is 18.4 Å². The van der Waals surface area contributed by atoms with Crippen molar-refractivity contribution in [2.75, 3.05) is 0 Å². The number of thioether (sulfide) groups is 1. The first-order chi connectivity index (χ1) is 12.7. The zero-order valence-corrected chi connectivity index (χ0v) is 15.0. The van der Waals surface area contributed by atoms with Gasteiger partial charge in [0.15, 0.2) is 5.16 Å². The minimum absolute atomic E-state index is 0.0790. The molecule has 3 aromatic rings. The van der Waals surface area contributed by atoms with Crippen molar-refractivity contribution in [3.63, 3.8) is 0 Å². The molecule has 0 spiro atoms. The SMILES string of the molecule is O=C(Cc1cc(=O)[nH]c(SCc2ccccc2)n1)NCc1ccccc1. The molecule has 6 heteroatoms. The quantitative estimate of drug-likeness (QED) is 0.499. The highest BCUT2D eigenvalue weighted by Gasteiger charge is 2.08. The van der Waals surface area contributed by atoms with Crippen LogP contribution in [0.4, 0.5) is 0 Å². The number of aromatic amines is 1. The molecule has 0 aliphatic heterocycles. The maximum Gasteiger partial charge on any atom is 0.251 e. The van der Waals surface area contributed by atoms with Gasteiger partial charge in [0.1, 0.15) is 0 Å². The number of nitrogens with zero attached hydrogens (tertiary/aromatic N) is 1. The summed E-state index contributed by atoms with van der Waals surface area (Å²) < 4.78 is 0. The van der Waals surface area contributed by atoms with E-state index in [1.54, 1.807) is 0 Å². The van der Waals surface area contributed by atoms with E-state index in [2.05, 4.69) is 15.3 Å². The molecule has 0 saturated carbocycles. The Labute approximate surface area is 155 Å². The number of H-pyrrole nitrogens is 1. The number of nitrogens with one attached hydrogen (secondary N) is 2. The zero-order valence-electron chi connectivity index (χ0n) is 14.1. The molecule has 0 aliphatic rings. The molecule has 0 radical (unpaired) electrons. The molecule has 1 heterocycles. The summed E-state index contributed by atoms with van der Waals surface area (Å²) in [5, 5.41) is 3.37. The monoisotopic (exact) mass is 365 g/mol. The largest absolute Gasteiger partial charge is 0.352 e. The molecule has 0 atom stereocenters. The van der Waals surface area contributed by atoms with Crippen LogP contribution in [0.3, 0.4) is 0 Å². The Hall–Kier alpha value is -2.86. The number of carbonyl (C=O) groups excluding carboxylic acids is 1. The van der Waals surface area contributed by atoms with Crippen molar-refractivity contribution in [2.45, 2.75) is 23.9 Å². The first-order valence-electron chi connectivity index (χ1n) is 8.26. The Bertz CT molecular complexity index is 911. The number of hydrogen-bond acceptors (Lipinski definition) is 4. The van der Waals surface area contributed by atoms with Gasteiger partial charge in [-0.1, -0.05) is 72.4 Å². The van der Waals surface area contributed by atoms with Crippen LogP contribution in [0.5, 0.6) is 0 Å². The molecule has 26 heavy (non-hydrogen) atoms. The third kappa shape index (κ3) is 5.60. The van der Waals surface area contributed by atoms with Gasteiger partial charge < -0.3 is 10.3 Å². The predicted octanol–water partition coefficient (Wildman–Crippen LogP) is 2.92. The van der Waals surface area contributed by atoms with E-state index in [0.29, 0.717) is 23.1 Å². The molecule has 3 rings (SSSR count). The first-order valence-corrected chi connectivity index (χ1v) is 9.25. The molecule has 0 aliphatic carbocycles. The molecule has 0 saturated heterocycles. The lowest BCUT2D eigenvalue weighted by Crippen LogP contribution is -2.25. The summed E-state index contributed by atoms with van der Waals surface area (Å²) in [6, 6.07) is 21.0. The van der Waals surface area contributed by atoms with Crippen molar-refractivity contribution >= 4 is 17.7 Å². The van der Waals surface area contributed by atoms with Crippen molar-refractivity contribution in [3.8, 4) is 0 Å². The van der Waals surface area contributed by atoms with Crippen LogP contribution in [0.1, 0.15) is 16.8 Å². The van der Waals surface area contributed by atoms with Crippen LogP contribution in [0, 0.1) is 0 Å². The topological polar surface area (TPSA) is 74.8 Å². The highest BCUT2D eigenvalue weighted by molar-refractivity contribution is 7.98. The number of amides is 1. The maximum atomic E-state index is 12.1. The van der Waals surface area contributed by atoms with Gasteiger partial charge in [-0.3, -0.25) is 9.59 Å². The molecule has 132 valence electrons. The lowest BCUT2D eigenvalue weighted by atomic mass is 10.2. The first kappa shape index (κ1) is 17.9. The van der Waals surface area contributed by atoms with Gasteiger partial charge in [-0.2, -0.15) is 0 Å². The Morgan fingerprint density at radius 1 is 1.00 bits per heavy atom. The molecule has 1 amide bonds. The number of aromatic nitrogens is 2. The lowest BCUT2D eigenvalue weighted by molar-refractivity contribution is -0.120. The molecule has 5 nitrogen and oxygen atoms in total. The van der Waals surface area contributed by atoms with Crippen LogP contribution in [-0.2, 0) is 23.5 Å². The Kier molecular flexibility index (Phi) is 6.22. The van der Waals surface area contributed by atoms with E-state index < -0.39 is 0 Å². The summed E-state index contributed by atoms with van der Waals surface area (Å²) in [5.74, 6) is 0.541. The van der Waals surface area contributed by atoms with Crippen molar-refractivity contribution in [2.24, 2.45) is 0 Å². The highest BCUT2D eigenvalue weighted by atomic mass is 32.2. The fourth-order valence-electron chi connectivity index (χ4n) is 2.39. The van der Waals surface area contributed by atoms with E-state index in [4.69, 9.17) is 0 Å². The third-order valence-electron chi connectivity index (χ3n) is 3.67. The molecular formula is C20H19N3O2S. The van der Waals surface area contributed by atoms with Crippen LogP contribution >= 0.6 is 11.8 Å². The van der Waals surface area contributed by atoms with Gasteiger partial charge in [0.05, 0.1) is 12.1 Å². The fraction of sp³-hybridized carbons (Fsp3) is 0.150. The van der Waals surface area contributed by atoms with E-state index in [1.807, 2.05) is 60.7 Å². The molecular weight excluding hydrogens is 346 g/mol. The van der Waals surface area contributed by atoms with E-state index in [-0.39, 0.29) is 17.9 Å². The number of hydrogen-bond donors (Lipinski definition) is 2. The van der Waals surface area contributed by atoms with Gasteiger partial charge in [0.25, 0.3) is 5.56 Å². The summed E-state index contributed by atoms with van der Waals surface area (Å²) in [5.41, 5.74) is 2.39. The van der Waals surface area contributed by atoms with Crippen LogP contribution < -0.4 is 10.9 Å². The molecule has 1 aromatic heterocycles. The molecule has 2 N–H and O–H groups in total. The number of carbonyl (C=O) groups is 1. The van der Waals surface area contributed by atoms with E-state index in [9.17, 15) is 9.59 Å². The van der Waals surface area contributed by atoms with Gasteiger partial charge in [-0.15, -0.1) is 0 Å². The second-order valence-corrected chi connectivity index (χ2v) is 6.72. The van der Waals surface area contributed by atoms with Crippen molar-refractivity contribution in [1.82, 2.24) is 15.3 Å². The van der Waals surface area contributed by atoms with Crippen molar-refractivity contribution in [1.29, 1.82) is 0 Å². The van der Waals surface area contributed by atoms with E-state index in [1.165, 1.54) is 17.8 Å². The maximum absolute atomic E-state index is 12.1. The van der Waals surface area contributed by atoms with Crippen molar-refractivity contribution in [3.05, 3.63) is 93.9 Å². The smallest absolute Gasteiger partial charge is 0.251 e. The highest BCUT2D eigenvalue weighted by Crippen LogP contribution is 2.18. The normalized spacial score (nSPS) is 10.5. The summed E-state index contributed by atoms with van der Waals surface area (Å²) in [6.45, 7) is 0.457. The zero-order chi connectivity index (χ0) is 18.2. The second-order valence-electron chi connectivity index (χ2n) is 5.76. The average Bonchev–Trinajstić information content (AvgIpc) is 2.66. The minimum Gasteiger partial charge on any atom is -0.352 e. The van der Waals surface area contributed by atoms with Crippen LogP contribution in [0.15, 0.2) is 76.7 Å². The summed E-state index contributed by atoms with van der Waals surface area (Å²) in [4.78, 5) is 31.1. The van der Waals surface area contributed by atoms with Crippen molar-refractivity contribution < 1.29 is 4.79 Å². The Balaban J connectivity index is 1.58. The fourth-order valence-corrected chi connectivity index (χ4v) is 3.24. The Morgan fingerprint density at radius 3 is 2.35 bits per heavy atom. The summed E-state index contributed by atoms with van der Waals surface area (Å²) in [7, 11) is 0. The average molecular weight is 365 g/mol. The number of rotatable bonds is 7. The van der Waals surface area contributed by atoms with E-state index in [0.717, 1.165) is 11.1 Å². The standard InChI is InChI=1S/C20H19N3O2S/c24-18(21-13-15-7-3-1-4-8-15)11-17-12-19(25)23-20(22-17)26-14-16-9-5-2-6-10-16/h1-10,12H,11,13-14H2,(H,21,24)(H,22,23,25). The van der Waals surface area contributed by atoms with Crippen LogP contribution in [-0.4, -0.2) is 15.9 Å². The van der Waals surface area contributed by atoms with Gasteiger partial charge in [-0.25, -0.2) is 4.98 Å². The van der Waals surface area contributed by atoms with Gasteiger partial charge >= 0.3 is 0 Å². The molecule has 0 unspecified atom stereocenters. The van der Waals surface area contributed by atoms with Gasteiger partial charge in [-0.05, 0) is 11.1 Å². The third-order valence-corrected chi connectivity index (χ3v) is 4.61. The summed E-state index contributed by atoms with van der Waals surface area (Å²) >= 11 is 1.44. The van der Waals surface area contributed by atoms with E-state index >= 15 is 0 Å². The molecule has 0 bridgehead atoms. The second kappa shape index (κ2) is 9.01. The number of benzene rings is 2. The minimum atomic E-state index is -0.249. The predicted molar refractivity (Wildman–Crippen MR) is 103 cm³/mol. The summed E-state index contributed by atoms with van der Waals surface area (Å²) in [6.07, 6.45) is 0.0790. The lowest BCUT2D eigenvalue weighted by Gasteiger charge is -2.06. The molecule has 2 aromatic carbocycles. The van der Waals surface area contributed by atoms with Gasteiger partial charge in [0.2, 0.25) is 5.91 Å². The van der Waals surface area contributed by atoms with Crippen LogP contribution in [0.2, 0.25) is 0 Å². The van der Waals surface area contributed by atoms with Crippen LogP contribution in [0.25, 0.3) is 0 Å².